The molecule has 0 spiro atoms. The van der Waals surface area contributed by atoms with Gasteiger partial charge >= 0.3 is 18.8 Å². The standard InChI is InChI=1S/C26H21O2.BF4/c1-27-24-15-9-8-14-23(24)17-16-20-18-25(21-10-4-2-5-11-21)28-26(19-20)22-12-6-3-7-13-22;2-1(3,4)5/h2-19H,1H3;/q+1;-1. The lowest BCUT2D eigenvalue weighted by atomic mass is 10.1. The number of rotatable bonds is 5. The molecular weight excluding hydrogens is 431 g/mol. The molecule has 0 aliphatic rings. The second kappa shape index (κ2) is 11.1. The minimum atomic E-state index is -6.00. The van der Waals surface area contributed by atoms with Crippen LogP contribution < -0.4 is 4.74 Å². The minimum Gasteiger partial charge on any atom is -0.496 e. The lowest BCUT2D eigenvalue weighted by molar-refractivity contribution is 0.368. The normalized spacial score (nSPS) is 11.1. The third kappa shape index (κ3) is 7.65. The zero-order valence-electron chi connectivity index (χ0n) is 17.8. The van der Waals surface area contributed by atoms with Gasteiger partial charge < -0.3 is 22.0 Å². The SMILES string of the molecule is COc1ccccc1C=Cc1cc(-c2ccccc2)[o+]c(-c2ccccc2)c1.F[B-](F)(F)F. The molecule has 0 saturated carbocycles. The van der Waals surface area contributed by atoms with Gasteiger partial charge in [0, 0.05) is 5.56 Å². The van der Waals surface area contributed by atoms with E-state index in [4.69, 9.17) is 9.15 Å². The van der Waals surface area contributed by atoms with Gasteiger partial charge in [-0.25, -0.2) is 4.42 Å². The summed E-state index contributed by atoms with van der Waals surface area (Å²) >= 11 is 0. The van der Waals surface area contributed by atoms with Gasteiger partial charge in [0.15, 0.2) is 0 Å². The van der Waals surface area contributed by atoms with Crippen LogP contribution in [0.5, 0.6) is 5.75 Å². The van der Waals surface area contributed by atoms with Crippen molar-refractivity contribution in [1.29, 1.82) is 0 Å². The summed E-state index contributed by atoms with van der Waals surface area (Å²) in [5, 5.41) is 0. The second-order valence-electron chi connectivity index (χ2n) is 6.92. The molecule has 0 amide bonds. The third-order valence-corrected chi connectivity index (χ3v) is 4.53. The Kier molecular flexibility index (Phi) is 8.03. The van der Waals surface area contributed by atoms with Crippen LogP contribution in [0.15, 0.2) is 101 Å². The molecule has 0 saturated heterocycles. The quantitative estimate of drug-likeness (QED) is 0.172. The van der Waals surface area contributed by atoms with Gasteiger partial charge in [-0.05, 0) is 35.9 Å². The number of methoxy groups -OCH3 is 1. The molecule has 4 rings (SSSR count). The fraction of sp³-hybridized carbons (Fsp3) is 0.0385. The number of benzene rings is 3. The average molecular weight is 452 g/mol. The highest BCUT2D eigenvalue weighted by Gasteiger charge is 2.20. The summed E-state index contributed by atoms with van der Waals surface area (Å²) in [7, 11) is -4.31. The maximum Gasteiger partial charge on any atom is 0.673 e. The first-order valence-corrected chi connectivity index (χ1v) is 10.1. The third-order valence-electron chi connectivity index (χ3n) is 4.53. The summed E-state index contributed by atoms with van der Waals surface area (Å²) in [5.74, 6) is 2.52. The van der Waals surface area contributed by atoms with E-state index in [-0.39, 0.29) is 0 Å². The van der Waals surface area contributed by atoms with Crippen molar-refractivity contribution in [1.82, 2.24) is 0 Å². The van der Waals surface area contributed by atoms with E-state index in [9.17, 15) is 17.3 Å². The highest BCUT2D eigenvalue weighted by atomic mass is 19.5. The monoisotopic (exact) mass is 452 g/mol. The molecule has 168 valence electrons. The predicted molar refractivity (Wildman–Crippen MR) is 126 cm³/mol. The highest BCUT2D eigenvalue weighted by molar-refractivity contribution is 6.50. The Morgan fingerprint density at radius 2 is 1.12 bits per heavy atom. The molecular formula is C26H21BF4O2. The van der Waals surface area contributed by atoms with Gasteiger partial charge in [0.05, 0.1) is 30.4 Å². The van der Waals surface area contributed by atoms with Crippen LogP contribution in [0.4, 0.5) is 17.3 Å². The van der Waals surface area contributed by atoms with E-state index in [0.29, 0.717) is 0 Å². The Bertz CT molecular complexity index is 1130. The van der Waals surface area contributed by atoms with Gasteiger partial charge in [-0.15, -0.1) is 0 Å². The van der Waals surface area contributed by atoms with Gasteiger partial charge in [-0.3, -0.25) is 0 Å². The molecule has 0 aliphatic heterocycles. The first-order valence-electron chi connectivity index (χ1n) is 10.1. The highest BCUT2D eigenvalue weighted by Crippen LogP contribution is 2.29. The molecule has 33 heavy (non-hydrogen) atoms. The number of hydrogen-bond acceptors (Lipinski definition) is 1. The van der Waals surface area contributed by atoms with Crippen molar-refractivity contribution in [2.45, 2.75) is 0 Å². The summed E-state index contributed by atoms with van der Waals surface area (Å²) in [6.07, 6.45) is 4.16. The van der Waals surface area contributed by atoms with Crippen LogP contribution in [-0.4, -0.2) is 14.4 Å². The lowest BCUT2D eigenvalue weighted by Crippen LogP contribution is -2.02. The first kappa shape index (κ1) is 23.8. The van der Waals surface area contributed by atoms with Gasteiger partial charge in [0.2, 0.25) is 0 Å². The fourth-order valence-electron chi connectivity index (χ4n) is 3.10. The fourth-order valence-corrected chi connectivity index (χ4v) is 3.10. The lowest BCUT2D eigenvalue weighted by Gasteiger charge is -2.03. The molecule has 4 aromatic rings. The van der Waals surface area contributed by atoms with E-state index in [1.807, 2.05) is 60.7 Å². The van der Waals surface area contributed by atoms with Crippen LogP contribution in [0, 0.1) is 0 Å². The van der Waals surface area contributed by atoms with E-state index in [0.717, 1.165) is 39.5 Å². The van der Waals surface area contributed by atoms with Gasteiger partial charge in [-0.2, -0.15) is 0 Å². The zero-order valence-corrected chi connectivity index (χ0v) is 17.8. The molecule has 0 unspecified atom stereocenters. The molecule has 1 aromatic heterocycles. The molecule has 0 bridgehead atoms. The summed E-state index contributed by atoms with van der Waals surface area (Å²) in [6, 6.07) is 32.4. The molecule has 0 fully saturated rings. The summed E-state index contributed by atoms with van der Waals surface area (Å²) in [4.78, 5) is 0. The Morgan fingerprint density at radius 1 is 0.667 bits per heavy atom. The largest absolute Gasteiger partial charge is 0.673 e. The van der Waals surface area contributed by atoms with Gasteiger partial charge in [0.25, 0.3) is 0 Å². The molecule has 0 N–H and O–H groups in total. The average Bonchev–Trinajstić information content (AvgIpc) is 2.83. The van der Waals surface area contributed by atoms with Crippen LogP contribution in [-0.2, 0) is 0 Å². The molecule has 0 aliphatic carbocycles. The summed E-state index contributed by atoms with van der Waals surface area (Å²) in [6.45, 7) is 0. The minimum absolute atomic E-state index is 0.835. The van der Waals surface area contributed by atoms with Crippen molar-refractivity contribution >= 4 is 19.4 Å². The summed E-state index contributed by atoms with van der Waals surface area (Å²) < 4.78 is 50.7. The smallest absolute Gasteiger partial charge is 0.496 e. The van der Waals surface area contributed by atoms with Gasteiger partial charge in [-0.1, -0.05) is 66.7 Å². The van der Waals surface area contributed by atoms with E-state index < -0.39 is 7.25 Å². The maximum atomic E-state index is 9.75. The molecule has 7 heteroatoms. The van der Waals surface area contributed by atoms with Crippen molar-refractivity contribution in [2.75, 3.05) is 7.11 Å². The van der Waals surface area contributed by atoms with E-state index in [2.05, 4.69) is 48.6 Å². The Labute approximate surface area is 189 Å². The van der Waals surface area contributed by atoms with Crippen molar-refractivity contribution in [3.8, 4) is 28.4 Å². The topological polar surface area (TPSA) is 20.5 Å². The Balaban J connectivity index is 0.000000555. The van der Waals surface area contributed by atoms with Crippen LogP contribution in [0.25, 0.3) is 34.8 Å². The number of halogens is 4. The van der Waals surface area contributed by atoms with Gasteiger partial charge in [0.1, 0.15) is 5.75 Å². The molecule has 1 heterocycles. The molecule has 0 radical (unpaired) electrons. The Hall–Kier alpha value is -3.87. The summed E-state index contributed by atoms with van der Waals surface area (Å²) in [5.41, 5.74) is 4.20. The number of ether oxygens (including phenoxy) is 1. The van der Waals surface area contributed by atoms with E-state index in [1.54, 1.807) is 7.11 Å². The van der Waals surface area contributed by atoms with Crippen molar-refractivity contribution < 1.29 is 26.4 Å². The zero-order chi connectivity index (χ0) is 23.7. The van der Waals surface area contributed by atoms with Crippen molar-refractivity contribution in [3.05, 3.63) is 108 Å². The maximum absolute atomic E-state index is 9.75. The van der Waals surface area contributed by atoms with Crippen LogP contribution >= 0.6 is 0 Å². The van der Waals surface area contributed by atoms with E-state index in [1.165, 1.54) is 0 Å². The molecule has 0 atom stereocenters. The Morgan fingerprint density at radius 3 is 1.61 bits per heavy atom. The van der Waals surface area contributed by atoms with Crippen molar-refractivity contribution in [2.24, 2.45) is 0 Å². The second-order valence-corrected chi connectivity index (χ2v) is 6.92. The van der Waals surface area contributed by atoms with Crippen molar-refractivity contribution in [3.63, 3.8) is 0 Å². The predicted octanol–water partition coefficient (Wildman–Crippen LogP) is 8.37. The number of hydrogen-bond donors (Lipinski definition) is 0. The van der Waals surface area contributed by atoms with Crippen LogP contribution in [0.2, 0.25) is 0 Å². The molecule has 2 nitrogen and oxygen atoms in total. The van der Waals surface area contributed by atoms with Crippen LogP contribution in [0.1, 0.15) is 11.1 Å². The van der Waals surface area contributed by atoms with Crippen LogP contribution in [0.3, 0.4) is 0 Å². The number of para-hydroxylation sites is 1. The molecule has 3 aromatic carbocycles. The first-order chi connectivity index (χ1) is 15.8. The van der Waals surface area contributed by atoms with E-state index >= 15 is 0 Å².